The minimum atomic E-state index is -0.972. The minimum absolute atomic E-state index is 0.0829. The molecule has 2 heterocycles. The van der Waals surface area contributed by atoms with Gasteiger partial charge in [-0.1, -0.05) is 12.8 Å². The molecule has 1 aromatic heterocycles. The molecular weight excluding hydrogens is 364 g/mol. The lowest BCUT2D eigenvalue weighted by atomic mass is 10.1. The number of aromatic nitrogens is 1. The number of pyridine rings is 1. The molecule has 1 aromatic rings. The Bertz CT molecular complexity index is 740. The fraction of sp³-hybridized carbons (Fsp3) is 0.632. The Balaban J connectivity index is 1.71. The first-order valence-electron chi connectivity index (χ1n) is 9.82. The summed E-state index contributed by atoms with van der Waals surface area (Å²) in [7, 11) is 0. The standard InChI is InChI=1S/C19H26N4O5/c1-2-28-19(25)17(24)11-14-12-18(20-13-16(14)23(26)27)22-9-7-21(8-10-22)15-5-3-4-6-15/h12-13,15H,2-11H2,1H3. The van der Waals surface area contributed by atoms with Gasteiger partial charge in [0.05, 0.1) is 18.0 Å². The lowest BCUT2D eigenvalue weighted by Crippen LogP contribution is -2.50. The minimum Gasteiger partial charge on any atom is -0.460 e. The van der Waals surface area contributed by atoms with E-state index in [4.69, 9.17) is 4.74 Å². The van der Waals surface area contributed by atoms with E-state index in [2.05, 4.69) is 14.8 Å². The first-order chi connectivity index (χ1) is 13.5. The summed E-state index contributed by atoms with van der Waals surface area (Å²) in [5, 5.41) is 11.3. The topological polar surface area (TPSA) is 106 Å². The van der Waals surface area contributed by atoms with Crippen LogP contribution in [0.2, 0.25) is 0 Å². The number of piperazine rings is 1. The summed E-state index contributed by atoms with van der Waals surface area (Å²) in [5.41, 5.74) is -0.0720. The second-order valence-electron chi connectivity index (χ2n) is 7.21. The van der Waals surface area contributed by atoms with Gasteiger partial charge in [0.2, 0.25) is 5.78 Å². The van der Waals surface area contributed by atoms with Gasteiger partial charge in [0, 0.05) is 37.8 Å². The van der Waals surface area contributed by atoms with Crippen LogP contribution in [0.4, 0.5) is 11.5 Å². The summed E-state index contributed by atoms with van der Waals surface area (Å²) >= 11 is 0. The van der Waals surface area contributed by atoms with Crippen molar-refractivity contribution in [2.75, 3.05) is 37.7 Å². The zero-order valence-corrected chi connectivity index (χ0v) is 16.1. The second-order valence-corrected chi connectivity index (χ2v) is 7.21. The Hall–Kier alpha value is -2.55. The summed E-state index contributed by atoms with van der Waals surface area (Å²) in [6, 6.07) is 2.23. The van der Waals surface area contributed by atoms with Crippen molar-refractivity contribution in [1.82, 2.24) is 9.88 Å². The molecule has 28 heavy (non-hydrogen) atoms. The zero-order valence-electron chi connectivity index (χ0n) is 16.1. The van der Waals surface area contributed by atoms with Crippen LogP contribution >= 0.6 is 0 Å². The maximum Gasteiger partial charge on any atom is 0.374 e. The number of nitrogens with zero attached hydrogens (tertiary/aromatic N) is 4. The van der Waals surface area contributed by atoms with Crippen molar-refractivity contribution in [3.63, 3.8) is 0 Å². The Morgan fingerprint density at radius 3 is 2.54 bits per heavy atom. The number of hydrogen-bond acceptors (Lipinski definition) is 8. The summed E-state index contributed by atoms with van der Waals surface area (Å²) in [5.74, 6) is -1.17. The van der Waals surface area contributed by atoms with E-state index in [9.17, 15) is 19.7 Å². The molecule has 2 fully saturated rings. The Kier molecular flexibility index (Phi) is 6.56. The normalized spacial score (nSPS) is 18.2. The van der Waals surface area contributed by atoms with E-state index >= 15 is 0 Å². The van der Waals surface area contributed by atoms with Gasteiger partial charge in [-0.25, -0.2) is 9.78 Å². The molecule has 1 saturated carbocycles. The van der Waals surface area contributed by atoms with E-state index in [1.807, 2.05) is 0 Å². The van der Waals surface area contributed by atoms with Gasteiger partial charge in [-0.05, 0) is 25.8 Å². The average molecular weight is 390 g/mol. The van der Waals surface area contributed by atoms with Crippen molar-refractivity contribution in [2.45, 2.75) is 45.1 Å². The SMILES string of the molecule is CCOC(=O)C(=O)Cc1cc(N2CCN(C3CCCC3)CC2)ncc1[N+](=O)[O-]. The van der Waals surface area contributed by atoms with Crippen molar-refractivity contribution in [3.8, 4) is 0 Å². The summed E-state index contributed by atoms with van der Waals surface area (Å²) < 4.78 is 4.69. The molecule has 0 spiro atoms. The van der Waals surface area contributed by atoms with Crippen molar-refractivity contribution >= 4 is 23.3 Å². The molecule has 1 aliphatic heterocycles. The van der Waals surface area contributed by atoms with Crippen LogP contribution in [-0.2, 0) is 20.7 Å². The number of ketones is 1. The maximum absolute atomic E-state index is 12.0. The average Bonchev–Trinajstić information content (AvgIpc) is 3.23. The lowest BCUT2D eigenvalue weighted by molar-refractivity contribution is -0.385. The largest absolute Gasteiger partial charge is 0.460 e. The molecule has 0 aromatic carbocycles. The van der Waals surface area contributed by atoms with Crippen LogP contribution in [-0.4, -0.2) is 65.4 Å². The van der Waals surface area contributed by atoms with E-state index in [-0.39, 0.29) is 24.3 Å². The summed E-state index contributed by atoms with van der Waals surface area (Å²) in [4.78, 5) is 43.2. The van der Waals surface area contributed by atoms with E-state index in [1.54, 1.807) is 13.0 Å². The number of hydrogen-bond donors (Lipinski definition) is 0. The Labute approximate surface area is 163 Å². The number of carbonyl (C=O) groups is 2. The van der Waals surface area contributed by atoms with Gasteiger partial charge < -0.3 is 9.64 Å². The third kappa shape index (κ3) is 4.64. The molecule has 9 nitrogen and oxygen atoms in total. The second kappa shape index (κ2) is 9.09. The Morgan fingerprint density at radius 2 is 1.93 bits per heavy atom. The molecule has 9 heteroatoms. The van der Waals surface area contributed by atoms with E-state index in [1.165, 1.54) is 31.9 Å². The molecule has 0 atom stereocenters. The first kappa shape index (κ1) is 20.2. The summed E-state index contributed by atoms with van der Waals surface area (Å²) in [6.07, 6.45) is 5.92. The zero-order chi connectivity index (χ0) is 20.1. The monoisotopic (exact) mass is 390 g/mol. The fourth-order valence-electron chi connectivity index (χ4n) is 4.00. The molecule has 0 amide bonds. The van der Waals surface area contributed by atoms with E-state index in [0.29, 0.717) is 11.9 Å². The van der Waals surface area contributed by atoms with Crippen molar-refractivity contribution < 1.29 is 19.2 Å². The van der Waals surface area contributed by atoms with Crippen LogP contribution in [0, 0.1) is 10.1 Å². The van der Waals surface area contributed by atoms with Gasteiger partial charge in [-0.2, -0.15) is 0 Å². The van der Waals surface area contributed by atoms with Crippen molar-refractivity contribution in [2.24, 2.45) is 0 Å². The van der Waals surface area contributed by atoms with Crippen LogP contribution in [0.1, 0.15) is 38.2 Å². The van der Waals surface area contributed by atoms with Crippen LogP contribution in [0.15, 0.2) is 12.3 Å². The van der Waals surface area contributed by atoms with Crippen molar-refractivity contribution in [3.05, 3.63) is 27.9 Å². The molecule has 0 N–H and O–H groups in total. The third-order valence-electron chi connectivity index (χ3n) is 5.48. The van der Waals surface area contributed by atoms with Gasteiger partial charge in [-0.15, -0.1) is 0 Å². The molecule has 0 bridgehead atoms. The van der Waals surface area contributed by atoms with Crippen LogP contribution < -0.4 is 4.90 Å². The Morgan fingerprint density at radius 1 is 1.25 bits per heavy atom. The number of anilines is 1. The molecule has 1 saturated heterocycles. The lowest BCUT2D eigenvalue weighted by Gasteiger charge is -2.38. The van der Waals surface area contributed by atoms with Crippen LogP contribution in [0.5, 0.6) is 0 Å². The molecule has 3 rings (SSSR count). The molecule has 0 radical (unpaired) electrons. The molecule has 0 unspecified atom stereocenters. The highest BCUT2D eigenvalue weighted by Crippen LogP contribution is 2.27. The number of Topliss-reactive ketones (excluding diaryl/α,β-unsaturated/α-hetero) is 1. The number of rotatable bonds is 7. The summed E-state index contributed by atoms with van der Waals surface area (Å²) in [6.45, 7) is 5.11. The van der Waals surface area contributed by atoms with Crippen molar-refractivity contribution in [1.29, 1.82) is 0 Å². The van der Waals surface area contributed by atoms with E-state index in [0.717, 1.165) is 26.2 Å². The predicted molar refractivity (Wildman–Crippen MR) is 102 cm³/mol. The van der Waals surface area contributed by atoms with Gasteiger partial charge in [0.1, 0.15) is 12.0 Å². The van der Waals surface area contributed by atoms with E-state index < -0.39 is 16.7 Å². The van der Waals surface area contributed by atoms with Gasteiger partial charge in [0.25, 0.3) is 5.69 Å². The van der Waals surface area contributed by atoms with Gasteiger partial charge >= 0.3 is 5.97 Å². The molecule has 152 valence electrons. The first-order valence-corrected chi connectivity index (χ1v) is 9.82. The number of nitro groups is 1. The third-order valence-corrected chi connectivity index (χ3v) is 5.48. The molecular formula is C19H26N4O5. The maximum atomic E-state index is 12.0. The van der Waals surface area contributed by atoms with Crippen LogP contribution in [0.25, 0.3) is 0 Å². The predicted octanol–water partition coefficient (Wildman–Crippen LogP) is 1.73. The highest BCUT2D eigenvalue weighted by Gasteiger charge is 2.28. The number of esters is 1. The quantitative estimate of drug-likeness (QED) is 0.300. The number of carbonyl (C=O) groups excluding carboxylic acids is 2. The van der Waals surface area contributed by atoms with Gasteiger partial charge in [0.15, 0.2) is 0 Å². The highest BCUT2D eigenvalue weighted by atomic mass is 16.6. The molecule has 2 aliphatic rings. The van der Waals surface area contributed by atoms with Crippen LogP contribution in [0.3, 0.4) is 0 Å². The molecule has 1 aliphatic carbocycles. The number of ether oxygens (including phenoxy) is 1. The highest BCUT2D eigenvalue weighted by molar-refractivity contribution is 6.34. The fourth-order valence-corrected chi connectivity index (χ4v) is 4.00. The van der Waals surface area contributed by atoms with Gasteiger partial charge in [-0.3, -0.25) is 19.8 Å². The smallest absolute Gasteiger partial charge is 0.374 e.